The van der Waals surface area contributed by atoms with Gasteiger partial charge in [0.05, 0.1) is 21.3 Å². The van der Waals surface area contributed by atoms with Crippen molar-refractivity contribution in [2.24, 2.45) is 92.7 Å². The lowest BCUT2D eigenvalue weighted by Gasteiger charge is -2.62. The molecule has 5 N–H and O–H groups in total. The fraction of sp³-hybridized carbons (Fsp3) is 0.900. The van der Waals surface area contributed by atoms with Crippen LogP contribution in [0, 0.1) is 92.7 Å². The van der Waals surface area contributed by atoms with Crippen LogP contribution in [-0.2, 0) is 9.84 Å². The summed E-state index contributed by atoms with van der Waals surface area (Å²) in [5, 5.41) is 46.7. The number of benzene rings is 1. The first-order valence-corrected chi connectivity index (χ1v) is 30.0. The highest BCUT2D eigenvalue weighted by molar-refractivity contribution is 7.92. The minimum absolute atomic E-state index is 0. The van der Waals surface area contributed by atoms with E-state index in [4.69, 9.17) is 5.11 Å². The molecule has 7 nitrogen and oxygen atoms in total. The molecule has 0 aromatic heterocycles. The molecular weight excluding hydrogens is 979 g/mol. The van der Waals surface area contributed by atoms with Crippen molar-refractivity contribution in [2.75, 3.05) is 7.11 Å². The lowest BCUT2D eigenvalue weighted by molar-refractivity contribution is -0.206. The SMILES string of the molecule is C.CO.C[C@H](C(CC(O)C(F)(F)F)S(=O)(=O)c1ccccc1)[C@H]1CC[C@H]2[C@@H]3CC[C@H]4C[C@@](C)(O)CC[C@]4(C)[C@H]3CC[C@]12C.C[C@H](CCC(O)C(F)(F)F)[C@H]1CC[C@H]2[C@@H]3CC[C@H]4C[C@@](C)(O)CC[C@]4(C)[C@H]3CC[C@]12C. The highest BCUT2D eigenvalue weighted by atomic mass is 32.2. The first kappa shape index (κ1) is 61.8. The van der Waals surface area contributed by atoms with Crippen LogP contribution in [-0.4, -0.2) is 82.1 Å². The Bertz CT molecular complexity index is 2120. The number of halogens is 6. The highest BCUT2D eigenvalue weighted by Gasteiger charge is 2.64. The van der Waals surface area contributed by atoms with Gasteiger partial charge in [-0.3, -0.25) is 0 Å². The van der Waals surface area contributed by atoms with E-state index >= 15 is 0 Å². The molecule has 9 rings (SSSR count). The van der Waals surface area contributed by atoms with Crippen LogP contribution in [0.4, 0.5) is 26.3 Å². The van der Waals surface area contributed by atoms with Gasteiger partial charge in [-0.05, 0) is 253 Å². The van der Waals surface area contributed by atoms with Crippen molar-refractivity contribution in [3.8, 4) is 0 Å². The van der Waals surface area contributed by atoms with Crippen molar-refractivity contribution in [2.45, 2.75) is 244 Å². The molecule has 0 aliphatic heterocycles. The standard InChI is InChI=1S/C32H47F3O4S.C26H43F3O2.CH4O.CH4/c1-20(27(18-28(36)32(33,34)35)40(38,39)22-8-6-5-7-9-22)24-12-13-25-23-11-10-21-19-29(2,37)16-17-30(21,3)26(23)14-15-31(24,25)4;1-16(5-10-22(30)26(27,28)29)19-8-9-20-18-7-6-17-15-23(2,31)13-14-24(17,3)21(18)11-12-25(19,20)4;1-2;/h5-9,20-21,23-28,36-37H,10-19H2,1-4H3;16-22,30-31H,5-15H2,1-4H3;2H,1H3;1H4/t20-,21-,23-,24+,25-,26-,27?,28?,29-,30-,31+;16-,17+,18+,19-,20+,21+,22?,23+,24+,25-;;/m01../s1. The maximum Gasteiger partial charge on any atom is 0.414 e. The maximum atomic E-state index is 13.8. The normalized spacial score (nSPS) is 43.7. The van der Waals surface area contributed by atoms with Crippen molar-refractivity contribution in [3.63, 3.8) is 0 Å². The van der Waals surface area contributed by atoms with E-state index in [2.05, 4.69) is 34.6 Å². The van der Waals surface area contributed by atoms with Gasteiger partial charge in [-0.1, -0.05) is 67.2 Å². The second kappa shape index (κ2) is 22.2. The zero-order chi connectivity index (χ0) is 54.1. The number of fused-ring (bicyclic) bond motifs is 10. The minimum Gasteiger partial charge on any atom is -0.400 e. The molecule has 8 aliphatic rings. The van der Waals surface area contributed by atoms with Crippen LogP contribution in [0.25, 0.3) is 0 Å². The first-order chi connectivity index (χ1) is 33.8. The van der Waals surface area contributed by atoms with E-state index in [1.165, 1.54) is 44.2 Å². The van der Waals surface area contributed by atoms with Crippen molar-refractivity contribution in [1.29, 1.82) is 0 Å². The quantitative estimate of drug-likeness (QED) is 0.147. The van der Waals surface area contributed by atoms with Crippen LogP contribution in [0.2, 0.25) is 0 Å². The molecule has 8 aliphatic carbocycles. The third-order valence-electron chi connectivity index (χ3n) is 23.5. The van der Waals surface area contributed by atoms with Crippen molar-refractivity contribution < 1.29 is 60.3 Å². The van der Waals surface area contributed by atoms with Crippen molar-refractivity contribution >= 4 is 9.84 Å². The zero-order valence-corrected chi connectivity index (χ0v) is 46.4. The molecule has 0 spiro atoms. The Kier molecular flexibility index (Phi) is 18.6. The van der Waals surface area contributed by atoms with Gasteiger partial charge in [0.2, 0.25) is 0 Å². The number of aliphatic hydroxyl groups is 5. The Balaban J connectivity index is 0.000000237. The van der Waals surface area contributed by atoms with Crippen LogP contribution < -0.4 is 0 Å². The molecule has 3 unspecified atom stereocenters. The Morgan fingerprint density at radius 1 is 0.554 bits per heavy atom. The lowest BCUT2D eigenvalue weighted by atomic mass is 9.43. The first-order valence-electron chi connectivity index (χ1n) is 28.5. The second-order valence-corrected chi connectivity index (χ2v) is 29.5. The smallest absolute Gasteiger partial charge is 0.400 e. The molecule has 8 fully saturated rings. The number of rotatable bonds is 10. The molecule has 0 radical (unpaired) electrons. The molecule has 0 heterocycles. The summed E-state index contributed by atoms with van der Waals surface area (Å²) >= 11 is 0. The molecule has 0 bridgehead atoms. The highest BCUT2D eigenvalue weighted by Crippen LogP contribution is 2.71. The fourth-order valence-electron chi connectivity index (χ4n) is 19.5. The average Bonchev–Trinajstić information content (AvgIpc) is 3.87. The Hall–Kier alpha value is -1.45. The molecule has 1 aromatic carbocycles. The monoisotopic (exact) mass is 1080 g/mol. The van der Waals surface area contributed by atoms with Crippen LogP contribution in [0.15, 0.2) is 35.2 Å². The summed E-state index contributed by atoms with van der Waals surface area (Å²) in [4.78, 5) is 0.0176. The average molecular weight is 1080 g/mol. The predicted molar refractivity (Wildman–Crippen MR) is 280 cm³/mol. The molecule has 8 saturated carbocycles. The minimum atomic E-state index is -4.87. The van der Waals surface area contributed by atoms with Crippen LogP contribution >= 0.6 is 0 Å². The van der Waals surface area contributed by atoms with Gasteiger partial charge in [0.1, 0.15) is 6.10 Å². The van der Waals surface area contributed by atoms with E-state index in [1.54, 1.807) is 18.2 Å². The number of hydrogen-bond acceptors (Lipinski definition) is 7. The van der Waals surface area contributed by atoms with Gasteiger partial charge in [0.15, 0.2) is 15.9 Å². The Labute approximate surface area is 442 Å². The summed E-state index contributed by atoms with van der Waals surface area (Å²) in [5.41, 5.74) is -0.465. The van der Waals surface area contributed by atoms with Gasteiger partial charge in [-0.2, -0.15) is 26.3 Å². The largest absolute Gasteiger partial charge is 0.414 e. The molecule has 428 valence electrons. The second-order valence-electron chi connectivity index (χ2n) is 27.3. The number of aliphatic hydroxyl groups excluding tert-OH is 3. The summed E-state index contributed by atoms with van der Waals surface area (Å²) in [7, 11) is -3.10. The Morgan fingerprint density at radius 3 is 1.42 bits per heavy atom. The third kappa shape index (κ3) is 11.6. The fourth-order valence-corrected chi connectivity index (χ4v) is 21.6. The molecule has 1 aromatic rings. The maximum absolute atomic E-state index is 13.8. The lowest BCUT2D eigenvalue weighted by Crippen LogP contribution is -2.56. The summed E-state index contributed by atoms with van der Waals surface area (Å²) in [5.74, 6) is 4.97. The van der Waals surface area contributed by atoms with E-state index in [0.717, 1.165) is 102 Å². The van der Waals surface area contributed by atoms with Gasteiger partial charge in [-0.15, -0.1) is 0 Å². The molecule has 21 atom stereocenters. The molecule has 14 heteroatoms. The number of sulfone groups is 1. The Morgan fingerprint density at radius 2 is 0.973 bits per heavy atom. The van der Waals surface area contributed by atoms with Gasteiger partial charge in [0, 0.05) is 7.11 Å². The van der Waals surface area contributed by atoms with Crippen molar-refractivity contribution in [3.05, 3.63) is 30.3 Å². The van der Waals surface area contributed by atoms with E-state index in [9.17, 15) is 55.2 Å². The van der Waals surface area contributed by atoms with E-state index in [-0.39, 0.29) is 46.8 Å². The molecule has 74 heavy (non-hydrogen) atoms. The van der Waals surface area contributed by atoms with Crippen LogP contribution in [0.3, 0.4) is 0 Å². The number of alkyl halides is 6. The third-order valence-corrected chi connectivity index (χ3v) is 25.9. The molecule has 0 saturated heterocycles. The van der Waals surface area contributed by atoms with Crippen LogP contribution in [0.5, 0.6) is 0 Å². The molecule has 0 amide bonds. The van der Waals surface area contributed by atoms with E-state index < -0.39 is 63.2 Å². The zero-order valence-electron chi connectivity index (χ0n) is 45.6. The van der Waals surface area contributed by atoms with E-state index in [0.29, 0.717) is 53.3 Å². The van der Waals surface area contributed by atoms with Gasteiger partial charge >= 0.3 is 12.4 Å². The summed E-state index contributed by atoms with van der Waals surface area (Å²) in [6.45, 7) is 17.6. The summed E-state index contributed by atoms with van der Waals surface area (Å²) < 4.78 is 107. The summed E-state index contributed by atoms with van der Waals surface area (Å²) in [6, 6.07) is 7.75. The van der Waals surface area contributed by atoms with Crippen molar-refractivity contribution in [1.82, 2.24) is 0 Å². The molecular formula is C60H98F6O7S. The number of hydrogen-bond donors (Lipinski definition) is 5. The van der Waals surface area contributed by atoms with Gasteiger partial charge in [0.25, 0.3) is 0 Å². The van der Waals surface area contributed by atoms with Gasteiger partial charge in [-0.25, -0.2) is 8.42 Å². The van der Waals surface area contributed by atoms with Gasteiger partial charge < -0.3 is 25.5 Å². The topological polar surface area (TPSA) is 135 Å². The van der Waals surface area contributed by atoms with Crippen LogP contribution in [0.1, 0.15) is 198 Å². The summed E-state index contributed by atoms with van der Waals surface area (Å²) in [6.07, 6.45) is 4.14. The predicted octanol–water partition coefficient (Wildman–Crippen LogP) is 14.2. The van der Waals surface area contributed by atoms with E-state index in [1.807, 2.05) is 20.8 Å².